The van der Waals surface area contributed by atoms with E-state index in [4.69, 9.17) is 10.4 Å². The Morgan fingerprint density at radius 1 is 1.25 bits per heavy atom. The molecule has 0 aliphatic carbocycles. The molecule has 2 unspecified atom stereocenters. The lowest BCUT2D eigenvalue weighted by atomic mass is 10.0. The van der Waals surface area contributed by atoms with Gasteiger partial charge >= 0.3 is 5.69 Å². The molecule has 4 N–H and O–H groups in total. The Labute approximate surface area is 89.8 Å². The molecular formula is C10H9N3O3. The van der Waals surface area contributed by atoms with E-state index in [1.54, 1.807) is 12.1 Å². The zero-order valence-corrected chi connectivity index (χ0v) is 8.14. The standard InChI is InChI=1S/C10H9N3O3/c11-4-8(14)9(15)5-1-2-6-7(3-5)13-10(16)12-6/h1-3,8-9,14-15H,(H2,12,13,16). The number of aromatic nitrogens is 2. The minimum atomic E-state index is -1.48. The van der Waals surface area contributed by atoms with Crippen molar-refractivity contribution in [1.29, 1.82) is 5.26 Å². The number of aromatic amines is 2. The van der Waals surface area contributed by atoms with Crippen LogP contribution in [-0.2, 0) is 0 Å². The van der Waals surface area contributed by atoms with Gasteiger partial charge in [-0.15, -0.1) is 0 Å². The summed E-state index contributed by atoms with van der Waals surface area (Å²) in [5, 5.41) is 27.2. The van der Waals surface area contributed by atoms with E-state index < -0.39 is 12.2 Å². The summed E-state index contributed by atoms with van der Waals surface area (Å²) in [4.78, 5) is 16.1. The van der Waals surface area contributed by atoms with E-state index in [1.807, 2.05) is 0 Å². The molecule has 0 amide bonds. The molecular weight excluding hydrogens is 210 g/mol. The molecule has 0 fully saturated rings. The van der Waals surface area contributed by atoms with Crippen LogP contribution in [0.5, 0.6) is 0 Å². The summed E-state index contributed by atoms with van der Waals surface area (Å²) in [7, 11) is 0. The average molecular weight is 219 g/mol. The van der Waals surface area contributed by atoms with Crippen molar-refractivity contribution in [2.24, 2.45) is 0 Å². The van der Waals surface area contributed by atoms with Crippen LogP contribution in [0.25, 0.3) is 11.0 Å². The summed E-state index contributed by atoms with van der Waals surface area (Å²) in [6, 6.07) is 6.19. The fourth-order valence-corrected chi connectivity index (χ4v) is 1.49. The number of nitrogens with one attached hydrogen (secondary N) is 2. The number of H-pyrrole nitrogens is 2. The van der Waals surface area contributed by atoms with Gasteiger partial charge in [-0.2, -0.15) is 5.26 Å². The fourth-order valence-electron chi connectivity index (χ4n) is 1.49. The molecule has 82 valence electrons. The monoisotopic (exact) mass is 219 g/mol. The molecule has 2 aromatic rings. The van der Waals surface area contributed by atoms with Crippen LogP contribution in [0, 0.1) is 11.3 Å². The zero-order valence-electron chi connectivity index (χ0n) is 8.14. The topological polar surface area (TPSA) is 113 Å². The summed E-state index contributed by atoms with van der Waals surface area (Å²) in [6.45, 7) is 0. The summed E-state index contributed by atoms with van der Waals surface area (Å²) in [5.41, 5.74) is 1.15. The highest BCUT2D eigenvalue weighted by Gasteiger charge is 2.17. The molecule has 2 rings (SSSR count). The number of aliphatic hydroxyl groups is 2. The number of rotatable bonds is 2. The Kier molecular flexibility index (Phi) is 2.48. The molecule has 0 saturated carbocycles. The molecule has 1 heterocycles. The van der Waals surface area contributed by atoms with Crippen molar-refractivity contribution in [3.05, 3.63) is 34.2 Å². The Morgan fingerprint density at radius 2 is 1.94 bits per heavy atom. The SMILES string of the molecule is N#CC(O)C(O)c1ccc2[nH]c(=O)[nH]c2c1. The van der Waals surface area contributed by atoms with Gasteiger partial charge in [0, 0.05) is 0 Å². The third-order valence-electron chi connectivity index (χ3n) is 2.31. The third kappa shape index (κ3) is 1.69. The van der Waals surface area contributed by atoms with E-state index in [0.29, 0.717) is 16.6 Å². The van der Waals surface area contributed by atoms with E-state index in [2.05, 4.69) is 9.97 Å². The van der Waals surface area contributed by atoms with Gasteiger partial charge in [0.15, 0.2) is 6.10 Å². The van der Waals surface area contributed by atoms with Crippen molar-refractivity contribution in [3.63, 3.8) is 0 Å². The number of imidazole rings is 1. The predicted molar refractivity (Wildman–Crippen MR) is 55.5 cm³/mol. The van der Waals surface area contributed by atoms with Gasteiger partial charge in [-0.3, -0.25) is 0 Å². The molecule has 6 nitrogen and oxygen atoms in total. The van der Waals surface area contributed by atoms with Crippen LogP contribution in [0.2, 0.25) is 0 Å². The van der Waals surface area contributed by atoms with Crippen LogP contribution in [0.4, 0.5) is 0 Å². The molecule has 0 saturated heterocycles. The molecule has 0 aliphatic heterocycles. The molecule has 6 heteroatoms. The molecule has 0 radical (unpaired) electrons. The number of aliphatic hydroxyl groups excluding tert-OH is 2. The number of nitriles is 1. The maximum atomic E-state index is 11.0. The summed E-state index contributed by atoms with van der Waals surface area (Å²) < 4.78 is 0. The average Bonchev–Trinajstić information content (AvgIpc) is 2.65. The Balaban J connectivity index is 2.47. The molecule has 0 bridgehead atoms. The molecule has 2 atom stereocenters. The molecule has 0 aliphatic rings. The summed E-state index contributed by atoms with van der Waals surface area (Å²) in [6.07, 6.45) is -2.77. The van der Waals surface area contributed by atoms with Crippen molar-refractivity contribution >= 4 is 11.0 Å². The van der Waals surface area contributed by atoms with Gasteiger partial charge in [0.1, 0.15) is 6.10 Å². The van der Waals surface area contributed by atoms with Crippen LogP contribution in [0.3, 0.4) is 0 Å². The first-order chi connectivity index (χ1) is 7.61. The molecule has 16 heavy (non-hydrogen) atoms. The lowest BCUT2D eigenvalue weighted by molar-refractivity contribution is 0.0529. The highest BCUT2D eigenvalue weighted by molar-refractivity contribution is 5.75. The molecule has 1 aromatic carbocycles. The normalized spacial score (nSPS) is 14.6. The van der Waals surface area contributed by atoms with Crippen LogP contribution < -0.4 is 5.69 Å². The van der Waals surface area contributed by atoms with Crippen LogP contribution in [0.15, 0.2) is 23.0 Å². The Morgan fingerprint density at radius 3 is 2.62 bits per heavy atom. The van der Waals surface area contributed by atoms with Gasteiger partial charge in [-0.1, -0.05) is 6.07 Å². The quantitative estimate of drug-likeness (QED) is 0.522. The number of benzene rings is 1. The third-order valence-corrected chi connectivity index (χ3v) is 2.31. The van der Waals surface area contributed by atoms with E-state index in [0.717, 1.165) is 0 Å². The van der Waals surface area contributed by atoms with Crippen LogP contribution in [0.1, 0.15) is 11.7 Å². The van der Waals surface area contributed by atoms with Crippen molar-refractivity contribution < 1.29 is 10.2 Å². The minimum Gasteiger partial charge on any atom is -0.385 e. The second-order valence-corrected chi connectivity index (χ2v) is 3.40. The number of fused-ring (bicyclic) bond motifs is 1. The summed E-state index contributed by atoms with van der Waals surface area (Å²) in [5.74, 6) is 0. The maximum absolute atomic E-state index is 11.0. The van der Waals surface area contributed by atoms with E-state index in [1.165, 1.54) is 12.1 Å². The zero-order chi connectivity index (χ0) is 11.7. The van der Waals surface area contributed by atoms with Gasteiger partial charge in [-0.05, 0) is 17.7 Å². The Hall–Kier alpha value is -2.10. The van der Waals surface area contributed by atoms with Crippen LogP contribution in [-0.4, -0.2) is 26.3 Å². The van der Waals surface area contributed by atoms with Crippen LogP contribution >= 0.6 is 0 Å². The van der Waals surface area contributed by atoms with Gasteiger partial charge < -0.3 is 20.2 Å². The van der Waals surface area contributed by atoms with Crippen molar-refractivity contribution in [2.75, 3.05) is 0 Å². The minimum absolute atomic E-state index is 0.345. The lowest BCUT2D eigenvalue weighted by Gasteiger charge is -2.11. The van der Waals surface area contributed by atoms with E-state index in [-0.39, 0.29) is 5.69 Å². The summed E-state index contributed by atoms with van der Waals surface area (Å²) >= 11 is 0. The number of hydrogen-bond donors (Lipinski definition) is 4. The first kappa shape index (κ1) is 10.4. The second-order valence-electron chi connectivity index (χ2n) is 3.40. The van der Waals surface area contributed by atoms with Gasteiger partial charge in [-0.25, -0.2) is 4.79 Å². The fraction of sp³-hybridized carbons (Fsp3) is 0.200. The lowest BCUT2D eigenvalue weighted by Crippen LogP contribution is -2.15. The highest BCUT2D eigenvalue weighted by Crippen LogP contribution is 2.19. The van der Waals surface area contributed by atoms with Gasteiger partial charge in [0.2, 0.25) is 0 Å². The smallest absolute Gasteiger partial charge is 0.323 e. The van der Waals surface area contributed by atoms with Crippen molar-refractivity contribution in [3.8, 4) is 6.07 Å². The first-order valence-corrected chi connectivity index (χ1v) is 4.59. The van der Waals surface area contributed by atoms with Crippen molar-refractivity contribution in [2.45, 2.75) is 12.2 Å². The molecule has 1 aromatic heterocycles. The van der Waals surface area contributed by atoms with Gasteiger partial charge in [0.25, 0.3) is 0 Å². The maximum Gasteiger partial charge on any atom is 0.323 e. The number of nitrogens with zero attached hydrogens (tertiary/aromatic N) is 1. The second kappa shape index (κ2) is 3.81. The number of hydrogen-bond acceptors (Lipinski definition) is 4. The van der Waals surface area contributed by atoms with Crippen molar-refractivity contribution in [1.82, 2.24) is 9.97 Å². The first-order valence-electron chi connectivity index (χ1n) is 4.59. The Bertz CT molecular complexity index is 608. The molecule has 0 spiro atoms. The van der Waals surface area contributed by atoms with E-state index in [9.17, 15) is 9.90 Å². The largest absolute Gasteiger partial charge is 0.385 e. The van der Waals surface area contributed by atoms with Gasteiger partial charge in [0.05, 0.1) is 17.1 Å². The predicted octanol–water partition coefficient (Wildman–Crippen LogP) is -0.226. The van der Waals surface area contributed by atoms with E-state index >= 15 is 0 Å². The highest BCUT2D eigenvalue weighted by atomic mass is 16.3.